The van der Waals surface area contributed by atoms with Crippen LogP contribution in [0.25, 0.3) is 0 Å². The molecule has 2 atom stereocenters. The Morgan fingerprint density at radius 1 is 1.43 bits per heavy atom. The minimum absolute atomic E-state index is 0.0272. The lowest BCUT2D eigenvalue weighted by atomic mass is 10.1. The van der Waals surface area contributed by atoms with Gasteiger partial charge in [-0.2, -0.15) is 0 Å². The molecule has 1 aliphatic rings. The van der Waals surface area contributed by atoms with E-state index in [-0.39, 0.29) is 30.2 Å². The van der Waals surface area contributed by atoms with Gasteiger partial charge in [0.25, 0.3) is 0 Å². The van der Waals surface area contributed by atoms with Gasteiger partial charge in [0.2, 0.25) is 11.8 Å². The third-order valence-corrected chi connectivity index (χ3v) is 4.84. The Kier molecular flexibility index (Phi) is 6.31. The molecule has 0 bridgehead atoms. The van der Waals surface area contributed by atoms with E-state index in [1.54, 1.807) is 17.0 Å². The van der Waals surface area contributed by atoms with Crippen molar-refractivity contribution < 1.29 is 9.59 Å². The highest BCUT2D eigenvalue weighted by molar-refractivity contribution is 6.35. The van der Waals surface area contributed by atoms with Crippen molar-refractivity contribution in [3.63, 3.8) is 0 Å². The van der Waals surface area contributed by atoms with Crippen LogP contribution >= 0.6 is 23.2 Å². The van der Waals surface area contributed by atoms with Gasteiger partial charge >= 0.3 is 0 Å². The zero-order chi connectivity index (χ0) is 17.0. The lowest BCUT2D eigenvalue weighted by Crippen LogP contribution is -2.38. The average Bonchev–Trinajstić information content (AvgIpc) is 2.87. The highest BCUT2D eigenvalue weighted by atomic mass is 35.5. The molecule has 1 fully saturated rings. The Morgan fingerprint density at radius 2 is 2.17 bits per heavy atom. The van der Waals surface area contributed by atoms with E-state index in [9.17, 15) is 9.59 Å². The van der Waals surface area contributed by atoms with E-state index in [0.717, 1.165) is 12.0 Å². The van der Waals surface area contributed by atoms with Gasteiger partial charge in [-0.3, -0.25) is 9.59 Å². The first-order chi connectivity index (χ1) is 10.9. The summed E-state index contributed by atoms with van der Waals surface area (Å²) in [5, 5.41) is 4.15. The molecule has 2 unspecified atom stereocenters. The summed E-state index contributed by atoms with van der Waals surface area (Å²) < 4.78 is 0. The topological polar surface area (TPSA) is 49.4 Å². The summed E-state index contributed by atoms with van der Waals surface area (Å²) >= 11 is 12.0. The van der Waals surface area contributed by atoms with Crippen molar-refractivity contribution in [2.45, 2.75) is 39.2 Å². The Bertz CT molecular complexity index is 592. The molecule has 1 N–H and O–H groups in total. The van der Waals surface area contributed by atoms with Gasteiger partial charge < -0.3 is 10.2 Å². The van der Waals surface area contributed by atoms with Gasteiger partial charge in [0.1, 0.15) is 0 Å². The molecular formula is C17H22Cl2N2O2. The first kappa shape index (κ1) is 18.1. The van der Waals surface area contributed by atoms with E-state index in [2.05, 4.69) is 5.32 Å². The third-order valence-electron chi connectivity index (χ3n) is 4.25. The van der Waals surface area contributed by atoms with Gasteiger partial charge in [-0.1, -0.05) is 36.2 Å². The normalized spacial score (nSPS) is 19.0. The molecule has 126 valence electrons. The standard InChI is InChI=1S/C17H22Cl2N2O2/c1-3-11(2)20-17(23)13-8-16(22)21(10-13)7-6-12-4-5-14(18)9-15(12)19/h4-5,9,11,13H,3,6-8,10H2,1-2H3,(H,20,23). The van der Waals surface area contributed by atoms with Crippen LogP contribution in [-0.2, 0) is 16.0 Å². The van der Waals surface area contributed by atoms with Crippen LogP contribution in [0.3, 0.4) is 0 Å². The molecular weight excluding hydrogens is 335 g/mol. The first-order valence-corrected chi connectivity index (χ1v) is 8.68. The Balaban J connectivity index is 1.89. The van der Waals surface area contributed by atoms with E-state index < -0.39 is 0 Å². The van der Waals surface area contributed by atoms with Crippen molar-refractivity contribution in [1.82, 2.24) is 10.2 Å². The van der Waals surface area contributed by atoms with Gasteiger partial charge in [0.15, 0.2) is 0 Å². The quantitative estimate of drug-likeness (QED) is 0.849. The molecule has 0 saturated carbocycles. The van der Waals surface area contributed by atoms with Crippen LogP contribution in [0, 0.1) is 5.92 Å². The second-order valence-electron chi connectivity index (χ2n) is 6.04. The molecule has 1 saturated heterocycles. The van der Waals surface area contributed by atoms with Crippen LogP contribution < -0.4 is 5.32 Å². The molecule has 1 aliphatic heterocycles. The number of hydrogen-bond acceptors (Lipinski definition) is 2. The number of nitrogens with zero attached hydrogens (tertiary/aromatic N) is 1. The molecule has 1 aromatic rings. The SMILES string of the molecule is CCC(C)NC(=O)C1CC(=O)N(CCc2ccc(Cl)cc2Cl)C1. The van der Waals surface area contributed by atoms with Gasteiger partial charge in [0, 0.05) is 35.6 Å². The van der Waals surface area contributed by atoms with Crippen LogP contribution in [0.2, 0.25) is 10.0 Å². The summed E-state index contributed by atoms with van der Waals surface area (Å²) in [5.74, 6) is -0.253. The molecule has 23 heavy (non-hydrogen) atoms. The van der Waals surface area contributed by atoms with Crippen molar-refractivity contribution in [1.29, 1.82) is 0 Å². The molecule has 0 aliphatic carbocycles. The predicted octanol–water partition coefficient (Wildman–Crippen LogP) is 3.30. The third kappa shape index (κ3) is 4.85. The van der Waals surface area contributed by atoms with E-state index in [1.807, 2.05) is 19.9 Å². The minimum Gasteiger partial charge on any atom is -0.353 e. The fourth-order valence-electron chi connectivity index (χ4n) is 2.61. The van der Waals surface area contributed by atoms with E-state index in [1.165, 1.54) is 0 Å². The van der Waals surface area contributed by atoms with Crippen molar-refractivity contribution in [2.24, 2.45) is 5.92 Å². The summed E-state index contributed by atoms with van der Waals surface area (Å²) in [6, 6.07) is 5.50. The van der Waals surface area contributed by atoms with Crippen LogP contribution in [0.4, 0.5) is 0 Å². The van der Waals surface area contributed by atoms with E-state index in [0.29, 0.717) is 29.6 Å². The molecule has 0 spiro atoms. The number of nitrogens with one attached hydrogen (secondary N) is 1. The zero-order valence-corrected chi connectivity index (χ0v) is 15.0. The lowest BCUT2D eigenvalue weighted by Gasteiger charge is -2.18. The monoisotopic (exact) mass is 356 g/mol. The summed E-state index contributed by atoms with van der Waals surface area (Å²) in [6.45, 7) is 5.03. The van der Waals surface area contributed by atoms with Crippen molar-refractivity contribution in [3.05, 3.63) is 33.8 Å². The number of benzene rings is 1. The fraction of sp³-hybridized carbons (Fsp3) is 0.529. The molecule has 4 nitrogen and oxygen atoms in total. The van der Waals surface area contributed by atoms with Crippen molar-refractivity contribution in [2.75, 3.05) is 13.1 Å². The summed E-state index contributed by atoms with van der Waals surface area (Å²) in [4.78, 5) is 26.0. The van der Waals surface area contributed by atoms with Gasteiger partial charge in [-0.15, -0.1) is 0 Å². The number of amides is 2. The summed E-state index contributed by atoms with van der Waals surface area (Å²) in [6.07, 6.45) is 1.82. The molecule has 6 heteroatoms. The highest BCUT2D eigenvalue weighted by Gasteiger charge is 2.34. The number of hydrogen-bond donors (Lipinski definition) is 1. The predicted molar refractivity (Wildman–Crippen MR) is 92.7 cm³/mol. The van der Waals surface area contributed by atoms with Crippen LogP contribution in [-0.4, -0.2) is 35.8 Å². The van der Waals surface area contributed by atoms with Crippen LogP contribution in [0.5, 0.6) is 0 Å². The van der Waals surface area contributed by atoms with Crippen molar-refractivity contribution in [3.8, 4) is 0 Å². The molecule has 2 rings (SSSR count). The molecule has 2 amide bonds. The number of carbonyl (C=O) groups is 2. The molecule has 0 aromatic heterocycles. The van der Waals surface area contributed by atoms with Gasteiger partial charge in [0.05, 0.1) is 5.92 Å². The fourth-order valence-corrected chi connectivity index (χ4v) is 3.11. The van der Waals surface area contributed by atoms with Crippen molar-refractivity contribution >= 4 is 35.0 Å². The Hall–Kier alpha value is -1.26. The van der Waals surface area contributed by atoms with E-state index in [4.69, 9.17) is 23.2 Å². The number of rotatable bonds is 6. The highest BCUT2D eigenvalue weighted by Crippen LogP contribution is 2.23. The average molecular weight is 357 g/mol. The Labute approximate surface area is 147 Å². The first-order valence-electron chi connectivity index (χ1n) is 7.92. The lowest BCUT2D eigenvalue weighted by molar-refractivity contribution is -0.129. The summed E-state index contributed by atoms with van der Waals surface area (Å²) in [5.41, 5.74) is 0.955. The molecule has 1 heterocycles. The second-order valence-corrected chi connectivity index (χ2v) is 6.89. The zero-order valence-electron chi connectivity index (χ0n) is 13.4. The maximum atomic E-state index is 12.1. The van der Waals surface area contributed by atoms with Gasteiger partial charge in [-0.25, -0.2) is 0 Å². The van der Waals surface area contributed by atoms with Gasteiger partial charge in [-0.05, 0) is 37.5 Å². The second kappa shape index (κ2) is 8.02. The summed E-state index contributed by atoms with van der Waals surface area (Å²) in [7, 11) is 0. The Morgan fingerprint density at radius 3 is 2.83 bits per heavy atom. The number of carbonyl (C=O) groups excluding carboxylic acids is 2. The minimum atomic E-state index is -0.253. The smallest absolute Gasteiger partial charge is 0.225 e. The van der Waals surface area contributed by atoms with Crippen LogP contribution in [0.15, 0.2) is 18.2 Å². The van der Waals surface area contributed by atoms with Crippen LogP contribution in [0.1, 0.15) is 32.3 Å². The maximum Gasteiger partial charge on any atom is 0.225 e. The molecule has 0 radical (unpaired) electrons. The number of likely N-dealkylation sites (tertiary alicyclic amines) is 1. The maximum absolute atomic E-state index is 12.1. The molecule has 1 aromatic carbocycles. The largest absolute Gasteiger partial charge is 0.353 e. The number of halogens is 2. The van der Waals surface area contributed by atoms with E-state index >= 15 is 0 Å².